The van der Waals surface area contributed by atoms with Crippen molar-refractivity contribution in [3.63, 3.8) is 0 Å². The van der Waals surface area contributed by atoms with Crippen molar-refractivity contribution in [2.24, 2.45) is 5.92 Å². The number of likely N-dealkylation sites (tertiary alicyclic amines) is 1. The predicted molar refractivity (Wildman–Crippen MR) is 106 cm³/mol. The highest BCUT2D eigenvalue weighted by Crippen LogP contribution is 2.32. The Balaban J connectivity index is 3.17. The van der Waals surface area contributed by atoms with Crippen LogP contribution >= 0.6 is 0 Å². The van der Waals surface area contributed by atoms with E-state index in [0.717, 1.165) is 17.4 Å². The first-order chi connectivity index (χ1) is 12.8. The number of nitrogens with one attached hydrogen (secondary N) is 2. The van der Waals surface area contributed by atoms with Crippen molar-refractivity contribution in [3.05, 3.63) is 23.5 Å². The zero-order valence-corrected chi connectivity index (χ0v) is 18.7. The van der Waals surface area contributed by atoms with Crippen LogP contribution in [0.15, 0.2) is 23.5 Å². The average molecular weight is 400 g/mol. The number of carbonyl (C=O) groups excluding carboxylic acids is 2. The van der Waals surface area contributed by atoms with Gasteiger partial charge in [-0.05, 0) is 27.7 Å². The van der Waals surface area contributed by atoms with Crippen LogP contribution in [0.1, 0.15) is 40.5 Å². The first-order valence-corrected chi connectivity index (χ1v) is 11.8. The number of rotatable bonds is 11. The molecule has 9 heteroatoms. The van der Waals surface area contributed by atoms with Gasteiger partial charge in [-0.3, -0.25) is 25.4 Å². The highest BCUT2D eigenvalue weighted by molar-refractivity contribution is 6.33. The van der Waals surface area contributed by atoms with Crippen LogP contribution in [-0.4, -0.2) is 45.9 Å². The molecular weight excluding hydrogens is 366 g/mol. The van der Waals surface area contributed by atoms with Gasteiger partial charge >= 0.3 is 5.97 Å². The quantitative estimate of drug-likeness (QED) is 0.236. The summed E-state index contributed by atoms with van der Waals surface area (Å²) in [5.74, 6) is -2.50. The number of hydrogen-bond donors (Lipinski definition) is 2. The Labute approximate surface area is 164 Å². The third-order valence-corrected chi connectivity index (χ3v) is 5.59. The van der Waals surface area contributed by atoms with Crippen molar-refractivity contribution >= 4 is 21.4 Å². The van der Waals surface area contributed by atoms with Crippen molar-refractivity contribution in [2.45, 2.75) is 59.0 Å². The van der Waals surface area contributed by atoms with Crippen LogP contribution in [0.4, 0.5) is 0 Å². The summed E-state index contributed by atoms with van der Waals surface area (Å²) in [4.78, 5) is 38.0. The molecule has 1 saturated heterocycles. The minimum atomic E-state index is -1.36. The average Bonchev–Trinajstić information content (AvgIpc) is 3.08. The van der Waals surface area contributed by atoms with Gasteiger partial charge in [-0.2, -0.15) is 0 Å². The Morgan fingerprint density at radius 3 is 2.26 bits per heavy atom. The van der Waals surface area contributed by atoms with Crippen LogP contribution in [0.25, 0.3) is 0 Å². The number of amides is 1. The van der Waals surface area contributed by atoms with E-state index in [0.29, 0.717) is 6.42 Å². The highest BCUT2D eigenvalue weighted by atomic mass is 28.2. The van der Waals surface area contributed by atoms with Crippen LogP contribution in [0, 0.1) is 5.92 Å². The molecule has 27 heavy (non-hydrogen) atoms. The lowest BCUT2D eigenvalue weighted by molar-refractivity contribution is -0.346. The molecule has 1 heterocycles. The molecular formula is C18H33N3O5Si. The minimum absolute atomic E-state index is 0.0793. The molecule has 1 aliphatic heterocycles. The second kappa shape index (κ2) is 11.1. The maximum atomic E-state index is 12.7. The molecule has 0 aromatic carbocycles. The maximum Gasteiger partial charge on any atom is 0.310 e. The van der Waals surface area contributed by atoms with Crippen LogP contribution in [-0.2, 0) is 24.0 Å². The number of hydroxylamine groups is 2. The van der Waals surface area contributed by atoms with E-state index in [1.54, 1.807) is 0 Å². The van der Waals surface area contributed by atoms with Crippen molar-refractivity contribution in [2.75, 3.05) is 13.7 Å². The summed E-state index contributed by atoms with van der Waals surface area (Å²) in [5.41, 5.74) is 7.30. The van der Waals surface area contributed by atoms with Crippen LogP contribution in [0.3, 0.4) is 0 Å². The van der Waals surface area contributed by atoms with Crippen molar-refractivity contribution in [3.8, 4) is 0 Å². The smallest absolute Gasteiger partial charge is 0.310 e. The van der Waals surface area contributed by atoms with E-state index < -0.39 is 17.8 Å². The number of ether oxygens (including phenoxy) is 1. The number of methoxy groups -OCH3 is 1. The van der Waals surface area contributed by atoms with Gasteiger partial charge in [0, 0.05) is 40.3 Å². The van der Waals surface area contributed by atoms with Crippen LogP contribution in [0.5, 0.6) is 0 Å². The summed E-state index contributed by atoms with van der Waals surface area (Å²) in [5, 5.41) is 0. The first kappa shape index (κ1) is 23.2. The van der Waals surface area contributed by atoms with Gasteiger partial charge in [-0.15, -0.1) is 0 Å². The topological polar surface area (TPSA) is 89.1 Å². The largest absolute Gasteiger partial charge is 0.469 e. The van der Waals surface area contributed by atoms with Gasteiger partial charge in [0.15, 0.2) is 0 Å². The van der Waals surface area contributed by atoms with Gasteiger partial charge in [0.2, 0.25) is 5.91 Å². The molecule has 1 amide bonds. The number of allylic oxidation sites excluding steroid dienone is 4. The van der Waals surface area contributed by atoms with Gasteiger partial charge in [-0.1, -0.05) is 24.7 Å². The van der Waals surface area contributed by atoms with Gasteiger partial charge in [0.1, 0.15) is 0 Å². The van der Waals surface area contributed by atoms with E-state index in [1.807, 2.05) is 39.8 Å². The molecule has 1 unspecified atom stereocenters. The third kappa shape index (κ3) is 6.37. The molecule has 2 N–H and O–H groups in total. The summed E-state index contributed by atoms with van der Waals surface area (Å²) in [6.45, 7) is 9.83. The minimum Gasteiger partial charge on any atom is -0.469 e. The number of esters is 1. The second-order valence-electron chi connectivity index (χ2n) is 6.60. The molecule has 8 nitrogen and oxygen atoms in total. The molecule has 0 aromatic rings. The van der Waals surface area contributed by atoms with Crippen molar-refractivity contribution in [1.82, 2.24) is 15.9 Å². The fourth-order valence-electron chi connectivity index (χ4n) is 2.57. The first-order valence-electron chi connectivity index (χ1n) is 9.35. The van der Waals surface area contributed by atoms with Crippen molar-refractivity contribution < 1.29 is 24.0 Å². The standard InChI is InChI=1S/C18H33N3O5Si/c1-7-13(3)19-25-18(9-10-27-6,26-20-14(4)8-2)21-12-15(11-16(21)22)17(23)24-5/h7-8,15,19-20H,9-12,27H2,1-6H3. The molecule has 0 saturated carbocycles. The number of nitrogens with zero attached hydrogens (tertiary/aromatic N) is 1. The summed E-state index contributed by atoms with van der Waals surface area (Å²) in [6, 6.07) is 0.903. The second-order valence-corrected chi connectivity index (χ2v) is 8.30. The number of carbonyl (C=O) groups is 2. The van der Waals surface area contributed by atoms with E-state index in [-0.39, 0.29) is 28.4 Å². The molecule has 1 fully saturated rings. The molecule has 0 aromatic heterocycles. The Hall–Kier alpha value is -1.84. The molecule has 0 bridgehead atoms. The molecule has 0 radical (unpaired) electrons. The summed E-state index contributed by atoms with van der Waals surface area (Å²) in [7, 11) is 1.03. The van der Waals surface area contributed by atoms with Gasteiger partial charge in [-0.25, -0.2) is 9.68 Å². The fraction of sp³-hybridized carbons (Fsp3) is 0.667. The lowest BCUT2D eigenvalue weighted by atomic mass is 10.1. The molecule has 154 valence electrons. The lowest BCUT2D eigenvalue weighted by Crippen LogP contribution is -2.58. The van der Waals surface area contributed by atoms with Crippen molar-refractivity contribution in [1.29, 1.82) is 0 Å². The zero-order chi connectivity index (χ0) is 20.4. The van der Waals surface area contributed by atoms with Gasteiger partial charge < -0.3 is 4.74 Å². The highest BCUT2D eigenvalue weighted by Gasteiger charge is 2.50. The third-order valence-electron chi connectivity index (χ3n) is 4.53. The summed E-state index contributed by atoms with van der Waals surface area (Å²) in [6.07, 6.45) is 4.28. The maximum absolute atomic E-state index is 12.7. The van der Waals surface area contributed by atoms with E-state index in [4.69, 9.17) is 14.4 Å². The fourth-order valence-corrected chi connectivity index (χ4v) is 3.37. The Bertz CT molecular complexity index is 557. The van der Waals surface area contributed by atoms with E-state index in [2.05, 4.69) is 17.5 Å². The Morgan fingerprint density at radius 2 is 1.81 bits per heavy atom. The molecule has 1 rings (SSSR count). The van der Waals surface area contributed by atoms with Gasteiger partial charge in [0.05, 0.1) is 13.0 Å². The lowest BCUT2D eigenvalue weighted by Gasteiger charge is -2.40. The van der Waals surface area contributed by atoms with Crippen LogP contribution < -0.4 is 11.0 Å². The summed E-state index contributed by atoms with van der Waals surface area (Å²) < 4.78 is 4.81. The Morgan fingerprint density at radius 1 is 1.26 bits per heavy atom. The molecule has 0 aliphatic carbocycles. The monoisotopic (exact) mass is 399 g/mol. The number of hydrogen-bond acceptors (Lipinski definition) is 7. The van der Waals surface area contributed by atoms with Gasteiger partial charge in [0.25, 0.3) is 5.91 Å². The summed E-state index contributed by atoms with van der Waals surface area (Å²) >= 11 is 0. The van der Waals surface area contributed by atoms with E-state index >= 15 is 0 Å². The molecule has 1 atom stereocenters. The predicted octanol–water partition coefficient (Wildman–Crippen LogP) is 1.58. The van der Waals surface area contributed by atoms with E-state index in [1.165, 1.54) is 12.0 Å². The SMILES string of the molecule is CC=C(C)NOC(CC[SiH2]C)(ONC(C)=CC)N1CC(C(=O)OC)CC1=O. The zero-order valence-electron chi connectivity index (χ0n) is 17.3. The Kier molecular flexibility index (Phi) is 9.54. The van der Waals surface area contributed by atoms with Crippen LogP contribution in [0.2, 0.25) is 12.6 Å². The molecule has 0 spiro atoms. The normalized spacial score (nSPS) is 20.9. The van der Waals surface area contributed by atoms with E-state index in [9.17, 15) is 9.59 Å². The molecule has 1 aliphatic rings.